The third-order valence-electron chi connectivity index (χ3n) is 4.53. The zero-order chi connectivity index (χ0) is 14.2. The monoisotopic (exact) mass is 254 g/mol. The summed E-state index contributed by atoms with van der Waals surface area (Å²) in [6.07, 6.45) is 9.30. The number of unbranched alkanes of at least 4 members (excludes halogenated alkanes) is 4. The minimum Gasteiger partial charge on any atom is -0.462 e. The molecule has 0 radical (unpaired) electrons. The second kappa shape index (κ2) is 7.69. The molecule has 0 aromatic rings. The molecule has 0 aromatic heterocycles. The molecule has 0 saturated carbocycles. The minimum absolute atomic E-state index is 0.326. The molecule has 0 aliphatic rings. The molecule has 2 atom stereocenters. The molecule has 0 bridgehead atoms. The Morgan fingerprint density at radius 2 is 1.61 bits per heavy atom. The largest absolute Gasteiger partial charge is 0.462 e. The molecule has 2 nitrogen and oxygen atoms in total. The van der Waals surface area contributed by atoms with Gasteiger partial charge in [-0.05, 0) is 18.8 Å². The Kier molecular flexibility index (Phi) is 7.40. The minimum atomic E-state index is -1.15. The van der Waals surface area contributed by atoms with Gasteiger partial charge in [-0.3, -0.25) is 0 Å². The summed E-state index contributed by atoms with van der Waals surface area (Å²) in [7, 11) is 0. The van der Waals surface area contributed by atoms with E-state index in [-0.39, 0.29) is 5.41 Å². The highest BCUT2D eigenvalue weighted by atomic mass is 16.3. The number of rotatable bonds is 8. The predicted octanol–water partition coefficient (Wildman–Crippen LogP) is 4.09. The first-order valence-corrected chi connectivity index (χ1v) is 7.18. The number of hydrogen-bond acceptors (Lipinski definition) is 2. The van der Waals surface area contributed by atoms with Crippen molar-refractivity contribution in [2.45, 2.75) is 78.7 Å². The lowest BCUT2D eigenvalue weighted by atomic mass is 9.66. The number of aliphatic hydroxyl groups excluding tert-OH is 1. The molecule has 0 spiro atoms. The van der Waals surface area contributed by atoms with Gasteiger partial charge in [0.2, 0.25) is 0 Å². The van der Waals surface area contributed by atoms with Crippen molar-refractivity contribution in [3.8, 4) is 12.0 Å². The Hall–Kier alpha value is -0.680. The van der Waals surface area contributed by atoms with E-state index in [2.05, 4.69) is 19.8 Å². The van der Waals surface area contributed by atoms with E-state index in [9.17, 15) is 5.11 Å². The Labute approximate surface area is 113 Å². The highest BCUT2D eigenvalue weighted by Crippen LogP contribution is 2.40. The van der Waals surface area contributed by atoms with Crippen LogP contribution in [0.15, 0.2) is 0 Å². The molecule has 106 valence electrons. The van der Waals surface area contributed by atoms with Crippen molar-refractivity contribution in [3.05, 3.63) is 0 Å². The van der Waals surface area contributed by atoms with E-state index in [4.69, 9.17) is 5.11 Å². The van der Waals surface area contributed by atoms with Gasteiger partial charge in [0.25, 0.3) is 0 Å². The molecule has 2 unspecified atom stereocenters. The second-order valence-electron chi connectivity index (χ2n) is 6.13. The van der Waals surface area contributed by atoms with Gasteiger partial charge in [-0.15, -0.1) is 0 Å². The summed E-state index contributed by atoms with van der Waals surface area (Å²) in [4.78, 5) is 0. The van der Waals surface area contributed by atoms with Gasteiger partial charge in [0.15, 0.2) is 0 Å². The summed E-state index contributed by atoms with van der Waals surface area (Å²) in [5, 5.41) is 19.0. The first kappa shape index (κ1) is 17.3. The van der Waals surface area contributed by atoms with E-state index in [1.807, 2.05) is 20.0 Å². The lowest BCUT2D eigenvalue weighted by Crippen LogP contribution is -2.45. The fourth-order valence-electron chi connectivity index (χ4n) is 2.16. The molecule has 18 heavy (non-hydrogen) atoms. The Morgan fingerprint density at radius 3 is 2.11 bits per heavy atom. The van der Waals surface area contributed by atoms with Crippen LogP contribution in [0, 0.1) is 23.4 Å². The van der Waals surface area contributed by atoms with Crippen molar-refractivity contribution < 1.29 is 10.2 Å². The SMILES string of the molecule is CCCCCCCC(C)C(C)(C)C(C)(O)C#CO. The highest BCUT2D eigenvalue weighted by molar-refractivity contribution is 5.14. The summed E-state index contributed by atoms with van der Waals surface area (Å²) >= 11 is 0. The van der Waals surface area contributed by atoms with Crippen molar-refractivity contribution in [1.82, 2.24) is 0 Å². The Morgan fingerprint density at radius 1 is 1.06 bits per heavy atom. The van der Waals surface area contributed by atoms with Crippen molar-refractivity contribution in [1.29, 1.82) is 0 Å². The van der Waals surface area contributed by atoms with Crippen molar-refractivity contribution in [2.24, 2.45) is 11.3 Å². The van der Waals surface area contributed by atoms with E-state index < -0.39 is 5.60 Å². The topological polar surface area (TPSA) is 40.5 Å². The van der Waals surface area contributed by atoms with E-state index in [1.165, 1.54) is 32.1 Å². The maximum Gasteiger partial charge on any atom is 0.131 e. The number of hydrogen-bond donors (Lipinski definition) is 2. The summed E-state index contributed by atoms with van der Waals surface area (Å²) in [6, 6.07) is 0. The predicted molar refractivity (Wildman–Crippen MR) is 76.7 cm³/mol. The summed E-state index contributed by atoms with van der Waals surface area (Å²) in [5.74, 6) is 2.89. The molecule has 0 aliphatic heterocycles. The molecule has 2 heteroatoms. The van der Waals surface area contributed by atoms with Crippen LogP contribution in [0.25, 0.3) is 0 Å². The molecule has 0 aliphatic carbocycles. The van der Waals surface area contributed by atoms with Gasteiger partial charge in [-0.2, -0.15) is 0 Å². The Bertz CT molecular complexity index is 281. The molecular formula is C16H30O2. The first-order chi connectivity index (χ1) is 8.29. The van der Waals surface area contributed by atoms with Crippen molar-refractivity contribution in [2.75, 3.05) is 0 Å². The van der Waals surface area contributed by atoms with Crippen LogP contribution in [0.2, 0.25) is 0 Å². The zero-order valence-corrected chi connectivity index (χ0v) is 12.7. The van der Waals surface area contributed by atoms with E-state index in [0.717, 1.165) is 6.42 Å². The summed E-state index contributed by atoms with van der Waals surface area (Å²) in [5.41, 5.74) is -1.47. The summed E-state index contributed by atoms with van der Waals surface area (Å²) in [6.45, 7) is 10.1. The second-order valence-corrected chi connectivity index (χ2v) is 6.13. The van der Waals surface area contributed by atoms with Crippen LogP contribution in [-0.4, -0.2) is 15.8 Å². The highest BCUT2D eigenvalue weighted by Gasteiger charge is 2.42. The molecule has 0 saturated heterocycles. The van der Waals surface area contributed by atoms with Crippen LogP contribution < -0.4 is 0 Å². The molecule has 0 heterocycles. The maximum absolute atomic E-state index is 10.3. The van der Waals surface area contributed by atoms with Gasteiger partial charge in [-0.1, -0.05) is 66.2 Å². The van der Waals surface area contributed by atoms with Gasteiger partial charge in [0.05, 0.1) is 0 Å². The third kappa shape index (κ3) is 4.90. The van der Waals surface area contributed by atoms with E-state index in [0.29, 0.717) is 5.92 Å². The van der Waals surface area contributed by atoms with Crippen LogP contribution in [0.4, 0.5) is 0 Å². The molecule has 0 rings (SSSR count). The van der Waals surface area contributed by atoms with Gasteiger partial charge in [0, 0.05) is 5.41 Å². The van der Waals surface area contributed by atoms with Crippen LogP contribution in [-0.2, 0) is 0 Å². The fraction of sp³-hybridized carbons (Fsp3) is 0.875. The first-order valence-electron chi connectivity index (χ1n) is 7.18. The van der Waals surface area contributed by atoms with Gasteiger partial charge in [-0.25, -0.2) is 0 Å². The summed E-state index contributed by atoms with van der Waals surface area (Å²) < 4.78 is 0. The van der Waals surface area contributed by atoms with E-state index >= 15 is 0 Å². The Balaban J connectivity index is 4.29. The molecule has 0 aromatic carbocycles. The quantitative estimate of drug-likeness (QED) is 0.506. The van der Waals surface area contributed by atoms with Crippen molar-refractivity contribution >= 4 is 0 Å². The lowest BCUT2D eigenvalue weighted by molar-refractivity contribution is -0.0357. The normalized spacial score (nSPS) is 16.6. The fourth-order valence-corrected chi connectivity index (χ4v) is 2.16. The van der Waals surface area contributed by atoms with Gasteiger partial charge < -0.3 is 10.2 Å². The zero-order valence-electron chi connectivity index (χ0n) is 12.7. The molecule has 2 N–H and O–H groups in total. The molecule has 0 amide bonds. The number of aliphatic hydroxyl groups is 2. The van der Waals surface area contributed by atoms with Gasteiger partial charge >= 0.3 is 0 Å². The molecular weight excluding hydrogens is 224 g/mol. The standard InChI is InChI=1S/C16H30O2/c1-6-7-8-9-10-11-14(2)15(3,4)16(5,18)12-13-17/h14,17-18H,6-11H2,1-5H3. The third-order valence-corrected chi connectivity index (χ3v) is 4.53. The van der Waals surface area contributed by atoms with Crippen molar-refractivity contribution in [3.63, 3.8) is 0 Å². The maximum atomic E-state index is 10.3. The van der Waals surface area contributed by atoms with Gasteiger partial charge in [0.1, 0.15) is 11.7 Å². The van der Waals surface area contributed by atoms with E-state index in [1.54, 1.807) is 6.92 Å². The van der Waals surface area contributed by atoms with Crippen LogP contribution in [0.1, 0.15) is 73.1 Å². The average molecular weight is 254 g/mol. The van der Waals surface area contributed by atoms with Crippen LogP contribution >= 0.6 is 0 Å². The molecule has 0 fully saturated rings. The smallest absolute Gasteiger partial charge is 0.131 e. The lowest BCUT2D eigenvalue weighted by Gasteiger charge is -2.41. The average Bonchev–Trinajstić information content (AvgIpc) is 2.28. The van der Waals surface area contributed by atoms with Crippen LogP contribution in [0.5, 0.6) is 0 Å². The van der Waals surface area contributed by atoms with Crippen LogP contribution in [0.3, 0.4) is 0 Å².